The van der Waals surface area contributed by atoms with Gasteiger partial charge in [-0.2, -0.15) is 0 Å². The first-order valence-electron chi connectivity index (χ1n) is 6.86. The largest absolute Gasteiger partial charge is 0.367 e. The molecule has 112 valence electrons. The van der Waals surface area contributed by atoms with Crippen molar-refractivity contribution in [1.29, 1.82) is 0 Å². The highest BCUT2D eigenvalue weighted by Crippen LogP contribution is 2.30. The molecule has 0 bridgehead atoms. The fraction of sp³-hybridized carbons (Fsp3) is 0.571. The van der Waals surface area contributed by atoms with Gasteiger partial charge >= 0.3 is 0 Å². The predicted molar refractivity (Wildman–Crippen MR) is 75.3 cm³/mol. The first-order valence-corrected chi connectivity index (χ1v) is 10.4. The van der Waals surface area contributed by atoms with Crippen LogP contribution in [0.3, 0.4) is 0 Å². The van der Waals surface area contributed by atoms with Crippen LogP contribution in [0.4, 0.5) is 23.2 Å². The topological polar surface area (TPSA) is 3.24 Å². The van der Waals surface area contributed by atoms with Gasteiger partial charge in [0.15, 0.2) is 23.3 Å². The summed E-state index contributed by atoms with van der Waals surface area (Å²) in [5, 5.41) is -0.395. The minimum absolute atomic E-state index is 0.395. The molecular formula is C14H19F4NSi. The van der Waals surface area contributed by atoms with Crippen molar-refractivity contribution in [2.75, 3.05) is 18.0 Å². The number of hydrogen-bond acceptors (Lipinski definition) is 1. The summed E-state index contributed by atoms with van der Waals surface area (Å²) < 4.78 is 56.8. The Morgan fingerprint density at radius 1 is 0.750 bits per heavy atom. The molecule has 0 spiro atoms. The maximum atomic E-state index is 14.2. The zero-order chi connectivity index (χ0) is 15.1. The van der Waals surface area contributed by atoms with Crippen LogP contribution in [0.1, 0.15) is 19.3 Å². The van der Waals surface area contributed by atoms with Crippen LogP contribution in [0.2, 0.25) is 19.6 Å². The summed E-state index contributed by atoms with van der Waals surface area (Å²) in [6.07, 6.45) is 2.52. The van der Waals surface area contributed by atoms with Crippen LogP contribution in [0.15, 0.2) is 0 Å². The summed E-state index contributed by atoms with van der Waals surface area (Å²) in [6.45, 7) is 5.84. The molecule has 0 radical (unpaired) electrons. The van der Waals surface area contributed by atoms with Crippen LogP contribution in [0.5, 0.6) is 0 Å². The van der Waals surface area contributed by atoms with E-state index in [0.29, 0.717) is 13.1 Å². The maximum absolute atomic E-state index is 14.2. The summed E-state index contributed by atoms with van der Waals surface area (Å²) >= 11 is 0. The lowest BCUT2D eigenvalue weighted by Gasteiger charge is -2.31. The molecule has 0 saturated carbocycles. The smallest absolute Gasteiger partial charge is 0.185 e. The Kier molecular flexibility index (Phi) is 4.13. The van der Waals surface area contributed by atoms with Crippen LogP contribution in [-0.2, 0) is 0 Å². The second kappa shape index (κ2) is 5.39. The monoisotopic (exact) mass is 305 g/mol. The van der Waals surface area contributed by atoms with Gasteiger partial charge in [0.1, 0.15) is 5.69 Å². The van der Waals surface area contributed by atoms with Crippen molar-refractivity contribution in [2.45, 2.75) is 38.9 Å². The van der Waals surface area contributed by atoms with E-state index in [9.17, 15) is 17.6 Å². The molecule has 1 aliphatic rings. The van der Waals surface area contributed by atoms with E-state index < -0.39 is 42.2 Å². The van der Waals surface area contributed by atoms with Crippen molar-refractivity contribution in [2.24, 2.45) is 0 Å². The normalized spacial score (nSPS) is 16.6. The number of benzene rings is 1. The van der Waals surface area contributed by atoms with E-state index in [1.165, 1.54) is 4.90 Å². The molecular weight excluding hydrogens is 286 g/mol. The zero-order valence-corrected chi connectivity index (χ0v) is 13.0. The molecule has 0 atom stereocenters. The van der Waals surface area contributed by atoms with Gasteiger partial charge in [-0.1, -0.05) is 19.6 Å². The van der Waals surface area contributed by atoms with Gasteiger partial charge in [-0.25, -0.2) is 17.6 Å². The summed E-state index contributed by atoms with van der Waals surface area (Å²) in [5.41, 5.74) is -0.540. The first-order chi connectivity index (χ1) is 9.25. The van der Waals surface area contributed by atoms with E-state index in [4.69, 9.17) is 0 Å². The van der Waals surface area contributed by atoms with Gasteiger partial charge in [0, 0.05) is 18.3 Å². The van der Waals surface area contributed by atoms with Gasteiger partial charge < -0.3 is 4.90 Å². The van der Waals surface area contributed by atoms with Crippen molar-refractivity contribution in [3.63, 3.8) is 0 Å². The molecule has 6 heteroatoms. The lowest BCUT2D eigenvalue weighted by Crippen LogP contribution is -2.45. The first kappa shape index (κ1) is 15.3. The van der Waals surface area contributed by atoms with E-state index in [0.717, 1.165) is 19.3 Å². The maximum Gasteiger partial charge on any atom is 0.185 e. The van der Waals surface area contributed by atoms with Crippen LogP contribution < -0.4 is 10.1 Å². The number of halogens is 4. The molecule has 20 heavy (non-hydrogen) atoms. The molecule has 1 aromatic carbocycles. The lowest BCUT2D eigenvalue weighted by atomic mass is 10.1. The van der Waals surface area contributed by atoms with Gasteiger partial charge in [-0.05, 0) is 19.3 Å². The molecule has 1 aliphatic heterocycles. The fourth-order valence-corrected chi connectivity index (χ4v) is 4.21. The molecule has 0 amide bonds. The van der Waals surface area contributed by atoms with Gasteiger partial charge in [0.2, 0.25) is 0 Å². The van der Waals surface area contributed by atoms with Crippen LogP contribution in [-0.4, -0.2) is 21.2 Å². The minimum Gasteiger partial charge on any atom is -0.367 e. The van der Waals surface area contributed by atoms with Gasteiger partial charge in [0.05, 0.1) is 8.07 Å². The van der Waals surface area contributed by atoms with Crippen LogP contribution >= 0.6 is 0 Å². The molecule has 0 N–H and O–H groups in total. The average Bonchev–Trinajstić information content (AvgIpc) is 2.37. The summed E-state index contributed by atoms with van der Waals surface area (Å²) in [7, 11) is -2.51. The Balaban J connectivity index is 2.61. The molecule has 1 aromatic rings. The molecule has 0 aromatic heterocycles. The van der Waals surface area contributed by atoms with E-state index in [1.807, 2.05) is 0 Å². The second-order valence-electron chi connectivity index (χ2n) is 6.28. The molecule has 1 nitrogen and oxygen atoms in total. The van der Waals surface area contributed by atoms with E-state index in [-0.39, 0.29) is 0 Å². The van der Waals surface area contributed by atoms with Crippen molar-refractivity contribution < 1.29 is 17.6 Å². The van der Waals surface area contributed by atoms with Crippen molar-refractivity contribution >= 4 is 18.9 Å². The highest BCUT2D eigenvalue weighted by molar-refractivity contribution is 6.88. The highest BCUT2D eigenvalue weighted by Gasteiger charge is 2.34. The zero-order valence-electron chi connectivity index (χ0n) is 12.0. The van der Waals surface area contributed by atoms with Crippen molar-refractivity contribution in [1.82, 2.24) is 0 Å². The number of nitrogens with zero attached hydrogens (tertiary/aromatic N) is 1. The number of anilines is 1. The van der Waals surface area contributed by atoms with E-state index in [2.05, 4.69) is 0 Å². The van der Waals surface area contributed by atoms with E-state index >= 15 is 0 Å². The minimum atomic E-state index is -2.51. The van der Waals surface area contributed by atoms with Crippen LogP contribution in [0, 0.1) is 23.3 Å². The summed E-state index contributed by atoms with van der Waals surface area (Å²) in [4.78, 5) is 1.41. The average molecular weight is 305 g/mol. The predicted octanol–water partition coefficient (Wildman–Crippen LogP) is 3.78. The molecule has 0 unspecified atom stereocenters. The van der Waals surface area contributed by atoms with Gasteiger partial charge in [0.25, 0.3) is 0 Å². The highest BCUT2D eigenvalue weighted by atomic mass is 28.3. The van der Waals surface area contributed by atoms with E-state index in [1.54, 1.807) is 19.6 Å². The summed E-state index contributed by atoms with van der Waals surface area (Å²) in [6, 6.07) is 0. The van der Waals surface area contributed by atoms with Gasteiger partial charge in [-0.15, -0.1) is 0 Å². The van der Waals surface area contributed by atoms with Crippen LogP contribution in [0.25, 0.3) is 0 Å². The SMILES string of the molecule is C[Si](C)(C)c1c(F)c(F)c(N2CCCCC2)c(F)c1F. The number of piperidine rings is 1. The second-order valence-corrected chi connectivity index (χ2v) is 11.3. The molecule has 1 fully saturated rings. The Labute approximate surface area is 117 Å². The Bertz CT molecular complexity index is 490. The molecule has 2 rings (SSSR count). The standard InChI is InChI=1S/C14H19F4NSi/c1-20(2,3)14-11(17)9(15)13(10(16)12(14)18)19-7-5-4-6-8-19/h4-8H2,1-3H3. The molecule has 0 aliphatic carbocycles. The Morgan fingerprint density at radius 2 is 1.20 bits per heavy atom. The third-order valence-electron chi connectivity index (χ3n) is 3.66. The van der Waals surface area contributed by atoms with Crippen molar-refractivity contribution in [3.05, 3.63) is 23.3 Å². The summed E-state index contributed by atoms with van der Waals surface area (Å²) in [5.74, 6) is -4.93. The third kappa shape index (κ3) is 2.57. The Morgan fingerprint density at radius 3 is 1.60 bits per heavy atom. The number of hydrogen-bond donors (Lipinski definition) is 0. The molecule has 1 saturated heterocycles. The third-order valence-corrected chi connectivity index (χ3v) is 5.60. The lowest BCUT2D eigenvalue weighted by molar-refractivity contribution is 0.452. The van der Waals surface area contributed by atoms with Gasteiger partial charge in [-0.3, -0.25) is 0 Å². The fourth-order valence-electron chi connectivity index (χ4n) is 2.67. The quantitative estimate of drug-likeness (QED) is 0.457. The van der Waals surface area contributed by atoms with Crippen molar-refractivity contribution in [3.8, 4) is 0 Å². The number of rotatable bonds is 2. The Hall–Kier alpha value is -1.04. The molecule has 1 heterocycles.